The van der Waals surface area contributed by atoms with Gasteiger partial charge in [0.25, 0.3) is 0 Å². The van der Waals surface area contributed by atoms with Gasteiger partial charge in [0, 0.05) is 13.1 Å². The number of rotatable bonds is 8. The van der Waals surface area contributed by atoms with Crippen molar-refractivity contribution in [1.82, 2.24) is 4.98 Å². The van der Waals surface area contributed by atoms with Gasteiger partial charge in [-0.15, -0.1) is 0 Å². The molecule has 0 aliphatic carbocycles. The highest BCUT2D eigenvalue weighted by atomic mass is 16.3. The number of hydrogen-bond donors (Lipinski definition) is 1. The summed E-state index contributed by atoms with van der Waals surface area (Å²) in [6.45, 7) is 6.53. The van der Waals surface area contributed by atoms with Crippen LogP contribution in [0.15, 0.2) is 18.2 Å². The summed E-state index contributed by atoms with van der Waals surface area (Å²) >= 11 is 0. The molecular formula is C14H24N2O. The Bertz CT molecular complexity index is 307. The standard InChI is InChI=1S/C14H24N2O/c1-3-5-10-16(11-6-4-2)14-9-7-8-13(12-17)15-14/h7-9,17H,3-6,10-12H2,1-2H3. The molecule has 0 bridgehead atoms. The molecule has 17 heavy (non-hydrogen) atoms. The molecule has 1 rings (SSSR count). The fraction of sp³-hybridized carbons (Fsp3) is 0.643. The molecule has 1 aromatic rings. The second-order valence-electron chi connectivity index (χ2n) is 4.34. The molecule has 96 valence electrons. The van der Waals surface area contributed by atoms with Gasteiger partial charge in [0.2, 0.25) is 0 Å². The monoisotopic (exact) mass is 236 g/mol. The van der Waals surface area contributed by atoms with Crippen molar-refractivity contribution >= 4 is 5.82 Å². The third kappa shape index (κ3) is 4.73. The fourth-order valence-corrected chi connectivity index (χ4v) is 1.77. The topological polar surface area (TPSA) is 36.4 Å². The first-order chi connectivity index (χ1) is 8.31. The van der Waals surface area contributed by atoms with E-state index in [9.17, 15) is 0 Å². The van der Waals surface area contributed by atoms with E-state index in [0.717, 1.165) is 24.6 Å². The van der Waals surface area contributed by atoms with Crippen LogP contribution in [0.1, 0.15) is 45.2 Å². The van der Waals surface area contributed by atoms with E-state index >= 15 is 0 Å². The Morgan fingerprint density at radius 3 is 2.29 bits per heavy atom. The number of aliphatic hydroxyl groups is 1. The van der Waals surface area contributed by atoms with Gasteiger partial charge in [-0.05, 0) is 25.0 Å². The average molecular weight is 236 g/mol. The molecule has 0 saturated carbocycles. The van der Waals surface area contributed by atoms with E-state index in [2.05, 4.69) is 23.7 Å². The molecule has 0 amide bonds. The number of pyridine rings is 1. The maximum Gasteiger partial charge on any atom is 0.128 e. The van der Waals surface area contributed by atoms with E-state index in [1.54, 1.807) is 0 Å². The highest BCUT2D eigenvalue weighted by Crippen LogP contribution is 2.13. The zero-order valence-electron chi connectivity index (χ0n) is 11.0. The van der Waals surface area contributed by atoms with E-state index in [4.69, 9.17) is 5.11 Å². The number of nitrogens with zero attached hydrogens (tertiary/aromatic N) is 2. The largest absolute Gasteiger partial charge is 0.390 e. The summed E-state index contributed by atoms with van der Waals surface area (Å²) in [7, 11) is 0. The van der Waals surface area contributed by atoms with Crippen LogP contribution in [0.3, 0.4) is 0 Å². The van der Waals surface area contributed by atoms with Gasteiger partial charge in [-0.25, -0.2) is 4.98 Å². The Morgan fingerprint density at radius 1 is 1.12 bits per heavy atom. The van der Waals surface area contributed by atoms with Crippen molar-refractivity contribution in [2.45, 2.75) is 46.1 Å². The first-order valence-corrected chi connectivity index (χ1v) is 6.63. The first kappa shape index (κ1) is 14.0. The molecule has 0 saturated heterocycles. The lowest BCUT2D eigenvalue weighted by molar-refractivity contribution is 0.277. The lowest BCUT2D eigenvalue weighted by Crippen LogP contribution is -2.26. The van der Waals surface area contributed by atoms with Crippen LogP contribution in [-0.4, -0.2) is 23.2 Å². The molecule has 0 unspecified atom stereocenters. The van der Waals surface area contributed by atoms with Crippen molar-refractivity contribution in [1.29, 1.82) is 0 Å². The van der Waals surface area contributed by atoms with Crippen LogP contribution >= 0.6 is 0 Å². The summed E-state index contributed by atoms with van der Waals surface area (Å²) < 4.78 is 0. The van der Waals surface area contributed by atoms with Gasteiger partial charge in [-0.2, -0.15) is 0 Å². The smallest absolute Gasteiger partial charge is 0.128 e. The molecular weight excluding hydrogens is 212 g/mol. The molecule has 0 aliphatic heterocycles. The minimum Gasteiger partial charge on any atom is -0.390 e. The Morgan fingerprint density at radius 2 is 1.76 bits per heavy atom. The third-order valence-electron chi connectivity index (χ3n) is 2.84. The molecule has 0 atom stereocenters. The maximum absolute atomic E-state index is 9.11. The summed E-state index contributed by atoms with van der Waals surface area (Å²) in [4.78, 5) is 6.80. The number of unbranched alkanes of at least 4 members (excludes halogenated alkanes) is 2. The highest BCUT2D eigenvalue weighted by molar-refractivity contribution is 5.39. The molecule has 1 heterocycles. The van der Waals surface area contributed by atoms with E-state index < -0.39 is 0 Å². The highest BCUT2D eigenvalue weighted by Gasteiger charge is 2.07. The molecule has 1 N–H and O–H groups in total. The van der Waals surface area contributed by atoms with Crippen LogP contribution in [-0.2, 0) is 6.61 Å². The average Bonchev–Trinajstić information content (AvgIpc) is 2.39. The van der Waals surface area contributed by atoms with Gasteiger partial charge in [0.05, 0.1) is 12.3 Å². The van der Waals surface area contributed by atoms with Crippen LogP contribution in [0.2, 0.25) is 0 Å². The van der Waals surface area contributed by atoms with Gasteiger partial charge in [-0.3, -0.25) is 0 Å². The maximum atomic E-state index is 9.11. The molecule has 3 nitrogen and oxygen atoms in total. The Kier molecular flexibility index (Phi) is 6.63. The van der Waals surface area contributed by atoms with Crippen LogP contribution in [0.5, 0.6) is 0 Å². The van der Waals surface area contributed by atoms with Gasteiger partial charge in [-0.1, -0.05) is 32.8 Å². The molecule has 0 fully saturated rings. The van der Waals surface area contributed by atoms with Crippen LogP contribution in [0.4, 0.5) is 5.82 Å². The van der Waals surface area contributed by atoms with Crippen LogP contribution < -0.4 is 4.90 Å². The molecule has 0 aromatic carbocycles. The second kappa shape index (κ2) is 8.07. The fourth-order valence-electron chi connectivity index (χ4n) is 1.77. The lowest BCUT2D eigenvalue weighted by Gasteiger charge is -2.23. The predicted octanol–water partition coefficient (Wildman–Crippen LogP) is 2.98. The SMILES string of the molecule is CCCCN(CCCC)c1cccc(CO)n1. The number of aliphatic hydroxyl groups excluding tert-OH is 1. The van der Waals surface area contributed by atoms with Crippen molar-refractivity contribution in [3.8, 4) is 0 Å². The zero-order chi connectivity index (χ0) is 12.5. The molecule has 1 aromatic heterocycles. The summed E-state index contributed by atoms with van der Waals surface area (Å²) in [6.07, 6.45) is 4.77. The molecule has 3 heteroatoms. The lowest BCUT2D eigenvalue weighted by atomic mass is 10.2. The Balaban J connectivity index is 2.71. The third-order valence-corrected chi connectivity index (χ3v) is 2.84. The van der Waals surface area contributed by atoms with Gasteiger partial charge >= 0.3 is 0 Å². The summed E-state index contributed by atoms with van der Waals surface area (Å²) in [6, 6.07) is 5.87. The van der Waals surface area contributed by atoms with Crippen LogP contribution in [0.25, 0.3) is 0 Å². The number of hydrogen-bond acceptors (Lipinski definition) is 3. The number of anilines is 1. The summed E-state index contributed by atoms with van der Waals surface area (Å²) in [5, 5.41) is 9.11. The van der Waals surface area contributed by atoms with Crippen molar-refractivity contribution in [2.24, 2.45) is 0 Å². The summed E-state index contributed by atoms with van der Waals surface area (Å²) in [5.74, 6) is 0.999. The van der Waals surface area contributed by atoms with Gasteiger partial charge in [0.15, 0.2) is 0 Å². The van der Waals surface area contributed by atoms with Crippen molar-refractivity contribution in [3.63, 3.8) is 0 Å². The summed E-state index contributed by atoms with van der Waals surface area (Å²) in [5.41, 5.74) is 0.750. The van der Waals surface area contributed by atoms with E-state index in [1.165, 1.54) is 25.7 Å². The Labute approximate surface area is 104 Å². The molecule has 0 spiro atoms. The minimum atomic E-state index is 0.0171. The molecule has 0 radical (unpaired) electrons. The number of aromatic nitrogens is 1. The first-order valence-electron chi connectivity index (χ1n) is 6.63. The van der Waals surface area contributed by atoms with Crippen molar-refractivity contribution in [2.75, 3.05) is 18.0 Å². The van der Waals surface area contributed by atoms with E-state index in [0.29, 0.717) is 0 Å². The van der Waals surface area contributed by atoms with E-state index in [1.807, 2.05) is 18.2 Å². The molecule has 0 aliphatic rings. The quantitative estimate of drug-likeness (QED) is 0.754. The van der Waals surface area contributed by atoms with E-state index in [-0.39, 0.29) is 6.61 Å². The zero-order valence-corrected chi connectivity index (χ0v) is 11.0. The predicted molar refractivity (Wildman–Crippen MR) is 72.2 cm³/mol. The van der Waals surface area contributed by atoms with Gasteiger partial charge in [0.1, 0.15) is 5.82 Å². The van der Waals surface area contributed by atoms with Crippen molar-refractivity contribution in [3.05, 3.63) is 23.9 Å². The van der Waals surface area contributed by atoms with Gasteiger partial charge < -0.3 is 10.0 Å². The minimum absolute atomic E-state index is 0.0171. The second-order valence-corrected chi connectivity index (χ2v) is 4.34. The van der Waals surface area contributed by atoms with Crippen molar-refractivity contribution < 1.29 is 5.11 Å². The van der Waals surface area contributed by atoms with Crippen LogP contribution in [0, 0.1) is 0 Å². The Hall–Kier alpha value is -1.09. The normalized spacial score (nSPS) is 10.5.